The first-order valence-corrected chi connectivity index (χ1v) is 15.9. The van der Waals surface area contributed by atoms with Crippen LogP contribution in [0.5, 0.6) is 0 Å². The molecule has 0 saturated carbocycles. The zero-order valence-electron chi connectivity index (χ0n) is 23.7. The minimum atomic E-state index is -1.24. The van der Waals surface area contributed by atoms with Gasteiger partial charge in [-0.1, -0.05) is 39.7 Å². The molecule has 5 N–H and O–H groups in total. The summed E-state index contributed by atoms with van der Waals surface area (Å²) in [7, 11) is 0.470. The third-order valence-corrected chi connectivity index (χ3v) is 8.70. The van der Waals surface area contributed by atoms with Crippen LogP contribution in [-0.2, 0) is 17.5 Å². The molecule has 1 atom stereocenters. The van der Waals surface area contributed by atoms with Gasteiger partial charge in [-0.15, -0.1) is 0 Å². The number of nitrogens with one attached hydrogen (secondary N) is 1. The number of rotatable bonds is 11. The Kier molecular flexibility index (Phi) is 14.4. The molecular formula is C29H47N5O2S2. The predicted octanol–water partition coefficient (Wildman–Crippen LogP) is 5.64. The second-order valence-corrected chi connectivity index (χ2v) is 12.7. The average Bonchev–Trinajstić information content (AvgIpc) is 2.93. The van der Waals surface area contributed by atoms with Crippen molar-refractivity contribution in [1.82, 2.24) is 4.31 Å². The van der Waals surface area contributed by atoms with Gasteiger partial charge in [-0.25, -0.2) is 8.51 Å². The molecule has 38 heavy (non-hydrogen) atoms. The van der Waals surface area contributed by atoms with Crippen LogP contribution in [0.15, 0.2) is 47.4 Å². The van der Waals surface area contributed by atoms with Crippen molar-refractivity contribution in [1.29, 1.82) is 0 Å². The van der Waals surface area contributed by atoms with Gasteiger partial charge >= 0.3 is 0 Å². The lowest BCUT2D eigenvalue weighted by atomic mass is 9.90. The number of nitrogens with zero attached hydrogens (tertiary/aromatic N) is 2. The quantitative estimate of drug-likeness (QED) is 0.307. The van der Waals surface area contributed by atoms with E-state index in [1.165, 1.54) is 30.6 Å². The Morgan fingerprint density at radius 1 is 1.16 bits per heavy atom. The highest BCUT2D eigenvalue weighted by Gasteiger charge is 2.20. The summed E-state index contributed by atoms with van der Waals surface area (Å²) in [5.74, 6) is 1.41. The molecule has 3 rings (SSSR count). The van der Waals surface area contributed by atoms with E-state index in [1.807, 2.05) is 18.2 Å². The van der Waals surface area contributed by atoms with Gasteiger partial charge in [0.25, 0.3) is 5.91 Å². The van der Waals surface area contributed by atoms with E-state index in [2.05, 4.69) is 42.5 Å². The monoisotopic (exact) mass is 561 g/mol. The topological polar surface area (TPSA) is 105 Å². The second-order valence-electron chi connectivity index (χ2n) is 10.2. The van der Waals surface area contributed by atoms with Gasteiger partial charge in [0.2, 0.25) is 0 Å². The lowest BCUT2D eigenvalue weighted by Gasteiger charge is -2.31. The molecule has 0 aromatic heterocycles. The highest BCUT2D eigenvalue weighted by molar-refractivity contribution is 7.97. The molecule has 0 spiro atoms. The number of carbonyl (C=O) groups excluding carboxylic acids is 1. The van der Waals surface area contributed by atoms with Crippen LogP contribution in [0.3, 0.4) is 0 Å². The molecule has 0 bridgehead atoms. The minimum absolute atomic E-state index is 0.244. The summed E-state index contributed by atoms with van der Waals surface area (Å²) in [5.41, 5.74) is 13.4. The molecule has 2 aromatic rings. The van der Waals surface area contributed by atoms with Crippen LogP contribution in [0, 0.1) is 11.8 Å². The molecule has 1 saturated heterocycles. The SMILES string of the molecule is CC(C)CCC1CCN(Sc2ccc(NC(=O)c3cc(CN)ccc3N(C)S(C)=O)cc2)CC1.CCCN. The third kappa shape index (κ3) is 10.7. The average molecular weight is 562 g/mol. The van der Waals surface area contributed by atoms with Gasteiger partial charge in [-0.2, -0.15) is 0 Å². The third-order valence-electron chi connectivity index (χ3n) is 6.63. The van der Waals surface area contributed by atoms with E-state index in [1.54, 1.807) is 41.7 Å². The van der Waals surface area contributed by atoms with Crippen molar-refractivity contribution < 1.29 is 9.00 Å². The van der Waals surface area contributed by atoms with Gasteiger partial charge in [0.05, 0.1) is 11.3 Å². The summed E-state index contributed by atoms with van der Waals surface area (Å²) >= 11 is 1.80. The van der Waals surface area contributed by atoms with E-state index in [9.17, 15) is 9.00 Å². The van der Waals surface area contributed by atoms with Crippen molar-refractivity contribution in [2.24, 2.45) is 23.3 Å². The van der Waals surface area contributed by atoms with Crippen LogP contribution in [0.1, 0.15) is 68.8 Å². The van der Waals surface area contributed by atoms with Crippen LogP contribution in [0.25, 0.3) is 0 Å². The molecule has 1 aliphatic rings. The molecule has 1 aliphatic heterocycles. The standard InChI is InChI=1S/C26H38N4O2S2.C3H9N/c1-19(2)5-6-20-13-15-30(16-14-20)33-23-10-8-22(9-11-23)28-26(31)24-17-21(18-27)7-12-25(24)29(3)34(4)32;1-2-3-4/h7-12,17,19-20H,5-6,13-16,18,27H2,1-4H3,(H,28,31);2-4H2,1H3. The number of benzene rings is 2. The maximum Gasteiger partial charge on any atom is 0.257 e. The lowest BCUT2D eigenvalue weighted by Crippen LogP contribution is -2.28. The van der Waals surface area contributed by atoms with Crippen molar-refractivity contribution >= 4 is 40.2 Å². The maximum atomic E-state index is 13.1. The van der Waals surface area contributed by atoms with Crippen LogP contribution in [0.4, 0.5) is 11.4 Å². The molecule has 2 aromatic carbocycles. The predicted molar refractivity (Wildman–Crippen MR) is 165 cm³/mol. The summed E-state index contributed by atoms with van der Waals surface area (Å²) in [6.45, 7) is 10.1. The number of hydrogen-bond acceptors (Lipinski definition) is 6. The Morgan fingerprint density at radius 3 is 2.32 bits per heavy atom. The molecule has 0 aliphatic carbocycles. The molecule has 7 nitrogen and oxygen atoms in total. The first-order valence-electron chi connectivity index (χ1n) is 13.6. The number of amides is 1. The Balaban J connectivity index is 0.00000118. The van der Waals surface area contributed by atoms with E-state index >= 15 is 0 Å². The normalized spacial score (nSPS) is 15.1. The number of carbonyl (C=O) groups is 1. The number of nitrogens with two attached hydrogens (primary N) is 2. The number of piperidine rings is 1. The Hall–Kier alpha value is -1.91. The fourth-order valence-corrected chi connectivity index (χ4v) is 5.50. The van der Waals surface area contributed by atoms with Gasteiger partial charge in [0.15, 0.2) is 0 Å². The molecular weight excluding hydrogens is 514 g/mol. The van der Waals surface area contributed by atoms with Crippen LogP contribution in [0.2, 0.25) is 0 Å². The van der Waals surface area contributed by atoms with E-state index in [-0.39, 0.29) is 5.91 Å². The first kappa shape index (κ1) is 32.3. The molecule has 9 heteroatoms. The van der Waals surface area contributed by atoms with E-state index in [0.717, 1.165) is 49.1 Å². The molecule has 1 unspecified atom stereocenters. The molecule has 1 amide bonds. The van der Waals surface area contributed by atoms with Crippen LogP contribution < -0.4 is 21.1 Å². The fourth-order valence-electron chi connectivity index (χ4n) is 4.11. The van der Waals surface area contributed by atoms with Crippen molar-refractivity contribution in [2.45, 2.75) is 64.3 Å². The summed E-state index contributed by atoms with van der Waals surface area (Å²) < 4.78 is 16.0. The highest BCUT2D eigenvalue weighted by atomic mass is 32.2. The summed E-state index contributed by atoms with van der Waals surface area (Å²) in [6, 6.07) is 13.4. The summed E-state index contributed by atoms with van der Waals surface area (Å²) in [5, 5.41) is 2.98. The minimum Gasteiger partial charge on any atom is -0.330 e. The smallest absolute Gasteiger partial charge is 0.257 e. The van der Waals surface area contributed by atoms with Crippen molar-refractivity contribution in [3.63, 3.8) is 0 Å². The molecule has 212 valence electrons. The van der Waals surface area contributed by atoms with E-state index < -0.39 is 11.0 Å². The second kappa shape index (κ2) is 16.9. The van der Waals surface area contributed by atoms with Gasteiger partial charge in [-0.05, 0) is 91.6 Å². The molecule has 1 heterocycles. The first-order chi connectivity index (χ1) is 18.2. The zero-order chi connectivity index (χ0) is 28.1. The van der Waals surface area contributed by atoms with Gasteiger partial charge < -0.3 is 16.8 Å². The fraction of sp³-hybridized carbons (Fsp3) is 0.552. The van der Waals surface area contributed by atoms with E-state index in [0.29, 0.717) is 17.8 Å². The number of hydrogen-bond donors (Lipinski definition) is 3. The van der Waals surface area contributed by atoms with Gasteiger partial charge in [-0.3, -0.25) is 9.10 Å². The Labute approximate surface area is 236 Å². The summed E-state index contributed by atoms with van der Waals surface area (Å²) in [6.07, 6.45) is 7.91. The van der Waals surface area contributed by atoms with Crippen molar-refractivity contribution in [3.8, 4) is 0 Å². The Bertz CT molecular complexity index is 1010. The maximum absolute atomic E-state index is 13.1. The van der Waals surface area contributed by atoms with Gasteiger partial charge in [0.1, 0.15) is 11.0 Å². The Morgan fingerprint density at radius 2 is 1.79 bits per heavy atom. The van der Waals surface area contributed by atoms with Crippen LogP contribution >= 0.6 is 11.9 Å². The van der Waals surface area contributed by atoms with Crippen molar-refractivity contribution in [2.75, 3.05) is 42.6 Å². The van der Waals surface area contributed by atoms with E-state index in [4.69, 9.17) is 11.5 Å². The molecule has 1 fully saturated rings. The van der Waals surface area contributed by atoms with Crippen LogP contribution in [-0.4, -0.2) is 47.4 Å². The zero-order valence-corrected chi connectivity index (χ0v) is 25.4. The summed E-state index contributed by atoms with van der Waals surface area (Å²) in [4.78, 5) is 14.2. The highest BCUT2D eigenvalue weighted by Crippen LogP contribution is 2.31. The lowest BCUT2D eigenvalue weighted by molar-refractivity contribution is 0.102. The molecule has 0 radical (unpaired) electrons. The van der Waals surface area contributed by atoms with Crippen molar-refractivity contribution in [3.05, 3.63) is 53.6 Å². The van der Waals surface area contributed by atoms with Gasteiger partial charge in [0, 0.05) is 43.5 Å². The largest absolute Gasteiger partial charge is 0.330 e. The number of anilines is 2.